The van der Waals surface area contributed by atoms with Gasteiger partial charge in [0.05, 0.1) is 10.3 Å². The third-order valence-corrected chi connectivity index (χ3v) is 5.97. The molecule has 166 valence electrons. The van der Waals surface area contributed by atoms with Crippen molar-refractivity contribution in [3.8, 4) is 10.9 Å². The summed E-state index contributed by atoms with van der Waals surface area (Å²) in [6.07, 6.45) is 3.85. The van der Waals surface area contributed by atoms with Crippen LogP contribution in [0.3, 0.4) is 0 Å². The zero-order valence-corrected chi connectivity index (χ0v) is 18.9. The summed E-state index contributed by atoms with van der Waals surface area (Å²) in [5, 5.41) is 4.06. The van der Waals surface area contributed by atoms with Gasteiger partial charge in [0.25, 0.3) is 11.1 Å². The van der Waals surface area contributed by atoms with Crippen molar-refractivity contribution in [1.82, 2.24) is 20.2 Å². The maximum atomic E-state index is 13.1. The number of aromatic nitrogens is 2. The number of furan rings is 1. The molecule has 0 bridgehead atoms. The first-order chi connectivity index (χ1) is 15.4. The van der Waals surface area contributed by atoms with Gasteiger partial charge in [-0.15, -0.1) is 0 Å². The van der Waals surface area contributed by atoms with Crippen LogP contribution in [0.5, 0.6) is 10.9 Å². The van der Waals surface area contributed by atoms with Crippen LogP contribution in [0.4, 0.5) is 0 Å². The Labute approximate surface area is 189 Å². The number of thiazole rings is 1. The number of ether oxygens (including phenoxy) is 1. The molecule has 3 aromatic heterocycles. The van der Waals surface area contributed by atoms with Crippen molar-refractivity contribution in [2.45, 2.75) is 33.2 Å². The first kappa shape index (κ1) is 21.8. The van der Waals surface area contributed by atoms with Crippen LogP contribution in [0.2, 0.25) is 0 Å². The Morgan fingerprint density at radius 3 is 2.91 bits per heavy atom. The number of hydrogen-bond donors (Lipinski definition) is 1. The summed E-state index contributed by atoms with van der Waals surface area (Å²) in [6.45, 7) is 6.45. The van der Waals surface area contributed by atoms with E-state index in [1.54, 1.807) is 23.2 Å². The summed E-state index contributed by atoms with van der Waals surface area (Å²) < 4.78 is 12.5. The minimum atomic E-state index is -0.104. The van der Waals surface area contributed by atoms with Crippen LogP contribution in [0.25, 0.3) is 21.3 Å². The van der Waals surface area contributed by atoms with Crippen LogP contribution in [0.1, 0.15) is 37.6 Å². The fourth-order valence-electron chi connectivity index (χ4n) is 3.47. The summed E-state index contributed by atoms with van der Waals surface area (Å²) in [5.41, 5.74) is 1.71. The number of amides is 2. The molecule has 1 atom stereocenters. The van der Waals surface area contributed by atoms with E-state index in [0.29, 0.717) is 47.2 Å². The van der Waals surface area contributed by atoms with Gasteiger partial charge in [0.2, 0.25) is 5.91 Å². The number of pyridine rings is 1. The number of rotatable bonds is 8. The Balaban J connectivity index is 1.48. The fourth-order valence-corrected chi connectivity index (χ4v) is 4.27. The summed E-state index contributed by atoms with van der Waals surface area (Å²) in [6, 6.07) is 9.16. The second-order valence-electron chi connectivity index (χ2n) is 7.49. The number of hydrogen-bond acceptors (Lipinski definition) is 7. The van der Waals surface area contributed by atoms with Crippen molar-refractivity contribution in [1.29, 1.82) is 0 Å². The molecule has 32 heavy (non-hydrogen) atoms. The average molecular weight is 453 g/mol. The van der Waals surface area contributed by atoms with Gasteiger partial charge in [0, 0.05) is 43.7 Å². The molecule has 2 amide bonds. The van der Waals surface area contributed by atoms with E-state index in [1.807, 2.05) is 32.0 Å². The molecule has 0 aliphatic heterocycles. The van der Waals surface area contributed by atoms with Crippen molar-refractivity contribution >= 4 is 44.5 Å². The average Bonchev–Trinajstić information content (AvgIpc) is 3.36. The van der Waals surface area contributed by atoms with Gasteiger partial charge < -0.3 is 19.4 Å². The molecule has 0 aliphatic rings. The van der Waals surface area contributed by atoms with Crippen LogP contribution in [0.15, 0.2) is 47.2 Å². The lowest BCUT2D eigenvalue weighted by Gasteiger charge is -2.22. The highest BCUT2D eigenvalue weighted by Crippen LogP contribution is 2.33. The van der Waals surface area contributed by atoms with E-state index in [2.05, 4.69) is 15.3 Å². The number of carbonyl (C=O) groups is 2. The summed E-state index contributed by atoms with van der Waals surface area (Å²) >= 11 is 1.41. The van der Waals surface area contributed by atoms with Gasteiger partial charge in [0.15, 0.2) is 5.65 Å². The van der Waals surface area contributed by atoms with E-state index in [9.17, 15) is 9.59 Å². The lowest BCUT2D eigenvalue weighted by Crippen LogP contribution is -2.37. The van der Waals surface area contributed by atoms with E-state index in [4.69, 9.17) is 9.15 Å². The maximum absolute atomic E-state index is 13.1. The Hall–Kier alpha value is -3.46. The van der Waals surface area contributed by atoms with E-state index in [1.165, 1.54) is 24.5 Å². The number of benzene rings is 1. The van der Waals surface area contributed by atoms with Gasteiger partial charge >= 0.3 is 0 Å². The normalized spacial score (nSPS) is 12.1. The molecule has 1 aromatic carbocycles. The zero-order chi connectivity index (χ0) is 22.7. The van der Waals surface area contributed by atoms with E-state index < -0.39 is 0 Å². The molecule has 9 heteroatoms. The van der Waals surface area contributed by atoms with Gasteiger partial charge in [-0.05, 0) is 44.5 Å². The highest BCUT2D eigenvalue weighted by atomic mass is 32.1. The second-order valence-corrected chi connectivity index (χ2v) is 8.48. The Morgan fingerprint density at radius 2 is 2.16 bits per heavy atom. The molecular formula is C23H24N4O4S. The number of fused-ring (bicyclic) bond motifs is 2. The molecule has 0 saturated carbocycles. The van der Waals surface area contributed by atoms with E-state index in [-0.39, 0.29) is 17.9 Å². The molecule has 8 nitrogen and oxygen atoms in total. The summed E-state index contributed by atoms with van der Waals surface area (Å²) in [7, 11) is 0. The van der Waals surface area contributed by atoms with Gasteiger partial charge in [0.1, 0.15) is 17.6 Å². The topological polar surface area (TPSA) is 97.6 Å². The molecule has 4 aromatic rings. The smallest absolute Gasteiger partial charge is 0.281 e. The molecule has 0 spiro atoms. The van der Waals surface area contributed by atoms with Crippen molar-refractivity contribution in [3.63, 3.8) is 0 Å². The van der Waals surface area contributed by atoms with E-state index >= 15 is 0 Å². The molecule has 0 fully saturated rings. The lowest BCUT2D eigenvalue weighted by molar-refractivity contribution is -0.119. The van der Waals surface area contributed by atoms with Gasteiger partial charge in [-0.3, -0.25) is 9.59 Å². The lowest BCUT2D eigenvalue weighted by atomic mass is 10.1. The minimum absolute atomic E-state index is 0.00661. The minimum Gasteiger partial charge on any atom is -0.463 e. The highest BCUT2D eigenvalue weighted by molar-refractivity contribution is 7.20. The van der Waals surface area contributed by atoms with Gasteiger partial charge in [-0.25, -0.2) is 4.98 Å². The zero-order valence-electron chi connectivity index (χ0n) is 18.1. The quantitative estimate of drug-likeness (QED) is 0.419. The van der Waals surface area contributed by atoms with Crippen LogP contribution < -0.4 is 10.1 Å². The molecular weight excluding hydrogens is 428 g/mol. The predicted molar refractivity (Wildman–Crippen MR) is 123 cm³/mol. The number of carbonyl (C=O) groups excluding carboxylic acids is 2. The fraction of sp³-hybridized carbons (Fsp3) is 0.304. The van der Waals surface area contributed by atoms with E-state index in [0.717, 1.165) is 10.1 Å². The third-order valence-electron chi connectivity index (χ3n) is 5.08. The molecule has 0 saturated heterocycles. The van der Waals surface area contributed by atoms with Crippen molar-refractivity contribution in [2.24, 2.45) is 0 Å². The first-order valence-corrected chi connectivity index (χ1v) is 11.2. The Bertz CT molecular complexity index is 1230. The van der Waals surface area contributed by atoms with Crippen LogP contribution in [-0.2, 0) is 4.79 Å². The SMILES string of the molecule is CCN(CC[C@@H](C)NC(C)=O)C(=O)c1coc2cc(Oc3nc4ncccc4s3)ccc12. The van der Waals surface area contributed by atoms with Gasteiger partial charge in [-0.2, -0.15) is 4.98 Å². The molecule has 0 unspecified atom stereocenters. The van der Waals surface area contributed by atoms with Gasteiger partial charge in [-0.1, -0.05) is 11.3 Å². The molecule has 0 aliphatic carbocycles. The third kappa shape index (κ3) is 4.72. The van der Waals surface area contributed by atoms with Crippen molar-refractivity contribution in [3.05, 3.63) is 48.4 Å². The second kappa shape index (κ2) is 9.35. The maximum Gasteiger partial charge on any atom is 0.281 e. The summed E-state index contributed by atoms with van der Waals surface area (Å²) in [5.74, 6) is 0.390. The Morgan fingerprint density at radius 1 is 1.31 bits per heavy atom. The number of nitrogens with one attached hydrogen (secondary N) is 1. The van der Waals surface area contributed by atoms with Crippen LogP contribution in [0, 0.1) is 0 Å². The standard InChI is InChI=1S/C23H24N4O4S/c1-4-27(11-9-14(2)25-15(3)28)22(29)18-13-30-19-12-16(7-8-17(18)19)31-23-26-21-20(32-23)6-5-10-24-21/h5-8,10,12-14H,4,9,11H2,1-3H3,(H,25,28)/t14-/m1/s1. The number of nitrogens with zero attached hydrogens (tertiary/aromatic N) is 3. The molecule has 4 rings (SSSR count). The first-order valence-electron chi connectivity index (χ1n) is 10.4. The van der Waals surface area contributed by atoms with Crippen molar-refractivity contribution in [2.75, 3.05) is 13.1 Å². The molecule has 1 N–H and O–H groups in total. The highest BCUT2D eigenvalue weighted by Gasteiger charge is 2.20. The predicted octanol–water partition coefficient (Wildman–Crippen LogP) is 4.61. The monoisotopic (exact) mass is 452 g/mol. The Kier molecular flexibility index (Phi) is 6.36. The van der Waals surface area contributed by atoms with Crippen molar-refractivity contribution < 1.29 is 18.7 Å². The molecule has 3 heterocycles. The largest absolute Gasteiger partial charge is 0.463 e. The van der Waals surface area contributed by atoms with Crippen LogP contribution in [-0.4, -0.2) is 45.8 Å². The van der Waals surface area contributed by atoms with Crippen LogP contribution >= 0.6 is 11.3 Å². The molecule has 0 radical (unpaired) electrons. The summed E-state index contributed by atoms with van der Waals surface area (Å²) in [4.78, 5) is 34.6.